The second-order valence-corrected chi connectivity index (χ2v) is 6.83. The van der Waals surface area contributed by atoms with E-state index in [-0.39, 0.29) is 5.97 Å². The average molecular weight is 296 g/mol. The van der Waals surface area contributed by atoms with Crippen LogP contribution in [0.15, 0.2) is 0 Å². The quantitative estimate of drug-likeness (QED) is 0.734. The van der Waals surface area contributed by atoms with E-state index in [2.05, 4.69) is 10.2 Å². The Balaban J connectivity index is 1.85. The molecule has 4 nitrogen and oxygen atoms in total. The monoisotopic (exact) mass is 296 g/mol. The van der Waals surface area contributed by atoms with Crippen LogP contribution in [0.3, 0.4) is 0 Å². The average Bonchev–Trinajstić information content (AvgIpc) is 3.21. The summed E-state index contributed by atoms with van der Waals surface area (Å²) in [6.45, 7) is 7.73. The molecule has 2 fully saturated rings. The van der Waals surface area contributed by atoms with Crippen LogP contribution in [-0.4, -0.2) is 48.7 Å². The Labute approximate surface area is 129 Å². The van der Waals surface area contributed by atoms with E-state index in [1.54, 1.807) is 0 Å². The molecule has 1 aliphatic heterocycles. The number of likely N-dealkylation sites (tertiary alicyclic amines) is 1. The van der Waals surface area contributed by atoms with Crippen molar-refractivity contribution in [1.29, 1.82) is 0 Å². The molecule has 1 aliphatic carbocycles. The molecule has 0 radical (unpaired) electrons. The van der Waals surface area contributed by atoms with Gasteiger partial charge in [0.1, 0.15) is 5.54 Å². The molecular formula is C17H32N2O2. The Morgan fingerprint density at radius 1 is 1.19 bits per heavy atom. The van der Waals surface area contributed by atoms with Crippen LogP contribution < -0.4 is 5.32 Å². The first-order chi connectivity index (χ1) is 10.1. The fourth-order valence-corrected chi connectivity index (χ4v) is 3.12. The Hall–Kier alpha value is -0.610. The summed E-state index contributed by atoms with van der Waals surface area (Å²) in [7, 11) is 0. The van der Waals surface area contributed by atoms with E-state index in [4.69, 9.17) is 4.74 Å². The molecule has 1 heterocycles. The zero-order valence-corrected chi connectivity index (χ0v) is 13.8. The van der Waals surface area contributed by atoms with Crippen molar-refractivity contribution in [3.63, 3.8) is 0 Å². The van der Waals surface area contributed by atoms with Crippen molar-refractivity contribution in [1.82, 2.24) is 10.2 Å². The van der Waals surface area contributed by atoms with Gasteiger partial charge >= 0.3 is 5.97 Å². The highest BCUT2D eigenvalue weighted by Crippen LogP contribution is 2.25. The Morgan fingerprint density at radius 2 is 1.81 bits per heavy atom. The molecule has 1 atom stereocenters. The normalized spacial score (nSPS) is 23.9. The molecule has 1 unspecified atom stereocenters. The summed E-state index contributed by atoms with van der Waals surface area (Å²) < 4.78 is 5.30. The maximum Gasteiger partial charge on any atom is 0.326 e. The largest absolute Gasteiger partial charge is 0.465 e. The molecule has 4 heteroatoms. The third kappa shape index (κ3) is 5.59. The summed E-state index contributed by atoms with van der Waals surface area (Å²) in [5.74, 6) is -0.0797. The highest BCUT2D eigenvalue weighted by molar-refractivity contribution is 5.80. The molecule has 2 aliphatic rings. The summed E-state index contributed by atoms with van der Waals surface area (Å²) in [5.41, 5.74) is -0.514. The second-order valence-electron chi connectivity index (χ2n) is 6.83. The van der Waals surface area contributed by atoms with Crippen LogP contribution in [0, 0.1) is 0 Å². The molecule has 0 spiro atoms. The van der Waals surface area contributed by atoms with Gasteiger partial charge in [-0.15, -0.1) is 0 Å². The molecule has 1 saturated carbocycles. The number of carbonyl (C=O) groups excluding carboxylic acids is 1. The number of esters is 1. The highest BCUT2D eigenvalue weighted by atomic mass is 16.5. The van der Waals surface area contributed by atoms with Gasteiger partial charge in [0.05, 0.1) is 6.61 Å². The van der Waals surface area contributed by atoms with E-state index < -0.39 is 5.54 Å². The topological polar surface area (TPSA) is 41.6 Å². The SMILES string of the molecule is CCOC(=O)C(C)(CCN1CCCCCCC1)NC1CC1. The van der Waals surface area contributed by atoms with Gasteiger partial charge in [-0.25, -0.2) is 0 Å². The van der Waals surface area contributed by atoms with Gasteiger partial charge in [0, 0.05) is 12.6 Å². The van der Waals surface area contributed by atoms with Gasteiger partial charge in [0.25, 0.3) is 0 Å². The molecule has 0 aromatic rings. The summed E-state index contributed by atoms with van der Waals surface area (Å²) in [4.78, 5) is 14.9. The lowest BCUT2D eigenvalue weighted by Gasteiger charge is -2.32. The van der Waals surface area contributed by atoms with E-state index in [0.29, 0.717) is 12.6 Å². The molecule has 0 bridgehead atoms. The van der Waals surface area contributed by atoms with Crippen molar-refractivity contribution in [3.05, 3.63) is 0 Å². The van der Waals surface area contributed by atoms with Crippen LogP contribution in [0.25, 0.3) is 0 Å². The predicted octanol–water partition coefficient (Wildman–Crippen LogP) is 2.72. The lowest BCUT2D eigenvalue weighted by Crippen LogP contribution is -2.53. The number of nitrogens with zero attached hydrogens (tertiary/aromatic N) is 1. The van der Waals surface area contributed by atoms with Gasteiger partial charge in [0.2, 0.25) is 0 Å². The molecule has 21 heavy (non-hydrogen) atoms. The fourth-order valence-electron chi connectivity index (χ4n) is 3.12. The van der Waals surface area contributed by atoms with Crippen LogP contribution in [0.5, 0.6) is 0 Å². The summed E-state index contributed by atoms with van der Waals surface area (Å²) in [6.07, 6.45) is 9.92. The van der Waals surface area contributed by atoms with Gasteiger partial charge in [-0.1, -0.05) is 19.3 Å². The van der Waals surface area contributed by atoms with Crippen LogP contribution in [0.4, 0.5) is 0 Å². The summed E-state index contributed by atoms with van der Waals surface area (Å²) >= 11 is 0. The zero-order chi connectivity index (χ0) is 15.1. The van der Waals surface area contributed by atoms with E-state index in [0.717, 1.165) is 13.0 Å². The van der Waals surface area contributed by atoms with Crippen molar-refractivity contribution in [2.24, 2.45) is 0 Å². The first-order valence-corrected chi connectivity index (χ1v) is 8.81. The van der Waals surface area contributed by atoms with Crippen LogP contribution in [0.2, 0.25) is 0 Å². The number of hydrogen-bond acceptors (Lipinski definition) is 4. The zero-order valence-electron chi connectivity index (χ0n) is 13.8. The fraction of sp³-hybridized carbons (Fsp3) is 0.941. The molecular weight excluding hydrogens is 264 g/mol. The minimum Gasteiger partial charge on any atom is -0.465 e. The Kier molecular flexibility index (Phi) is 6.49. The second kappa shape index (κ2) is 8.14. The third-order valence-corrected chi connectivity index (χ3v) is 4.70. The lowest BCUT2D eigenvalue weighted by molar-refractivity contribution is -0.151. The minimum atomic E-state index is -0.514. The first kappa shape index (κ1) is 16.8. The molecule has 1 saturated heterocycles. The van der Waals surface area contributed by atoms with E-state index in [9.17, 15) is 4.79 Å². The minimum absolute atomic E-state index is 0.0797. The van der Waals surface area contributed by atoms with E-state index in [1.165, 1.54) is 58.0 Å². The van der Waals surface area contributed by atoms with Gasteiger partial charge in [-0.2, -0.15) is 0 Å². The molecule has 2 rings (SSSR count). The predicted molar refractivity (Wildman–Crippen MR) is 85.3 cm³/mol. The molecule has 0 aromatic heterocycles. The third-order valence-electron chi connectivity index (χ3n) is 4.70. The van der Waals surface area contributed by atoms with E-state index >= 15 is 0 Å². The maximum atomic E-state index is 12.3. The maximum absolute atomic E-state index is 12.3. The summed E-state index contributed by atoms with van der Waals surface area (Å²) in [6, 6.07) is 0.520. The van der Waals surface area contributed by atoms with Crippen LogP contribution >= 0.6 is 0 Å². The number of nitrogens with one attached hydrogen (secondary N) is 1. The van der Waals surface area contributed by atoms with Gasteiger partial charge < -0.3 is 9.64 Å². The summed E-state index contributed by atoms with van der Waals surface area (Å²) in [5, 5.41) is 3.52. The van der Waals surface area contributed by atoms with Crippen LogP contribution in [-0.2, 0) is 9.53 Å². The molecule has 0 amide bonds. The van der Waals surface area contributed by atoms with Crippen molar-refractivity contribution < 1.29 is 9.53 Å². The van der Waals surface area contributed by atoms with E-state index in [1.807, 2.05) is 13.8 Å². The van der Waals surface area contributed by atoms with Crippen molar-refractivity contribution in [2.45, 2.75) is 76.8 Å². The van der Waals surface area contributed by atoms with Gasteiger partial charge in [0.15, 0.2) is 0 Å². The molecule has 1 N–H and O–H groups in total. The number of hydrogen-bond donors (Lipinski definition) is 1. The number of carbonyl (C=O) groups is 1. The van der Waals surface area contributed by atoms with Gasteiger partial charge in [-0.3, -0.25) is 10.1 Å². The Morgan fingerprint density at radius 3 is 2.38 bits per heavy atom. The number of ether oxygens (including phenoxy) is 1. The van der Waals surface area contributed by atoms with Gasteiger partial charge in [-0.05, 0) is 59.0 Å². The number of rotatable bonds is 7. The highest BCUT2D eigenvalue weighted by Gasteiger charge is 2.39. The van der Waals surface area contributed by atoms with Crippen molar-refractivity contribution in [3.8, 4) is 0 Å². The van der Waals surface area contributed by atoms with Crippen molar-refractivity contribution >= 4 is 5.97 Å². The lowest BCUT2D eigenvalue weighted by atomic mass is 9.96. The molecule has 122 valence electrons. The smallest absolute Gasteiger partial charge is 0.326 e. The standard InChI is InChI=1S/C17H32N2O2/c1-3-21-16(20)17(2,18-15-9-10-15)11-14-19-12-7-5-4-6-8-13-19/h15,18H,3-14H2,1-2H3. The Bertz CT molecular complexity index is 323. The van der Waals surface area contributed by atoms with Crippen molar-refractivity contribution in [2.75, 3.05) is 26.2 Å². The van der Waals surface area contributed by atoms with Crippen LogP contribution in [0.1, 0.15) is 65.2 Å². The molecule has 0 aromatic carbocycles. The first-order valence-electron chi connectivity index (χ1n) is 8.81.